The van der Waals surface area contributed by atoms with E-state index < -0.39 is 15.9 Å². The molecule has 0 unspecified atom stereocenters. The zero-order valence-corrected chi connectivity index (χ0v) is 15.2. The van der Waals surface area contributed by atoms with Gasteiger partial charge in [-0.25, -0.2) is 13.1 Å². The van der Waals surface area contributed by atoms with E-state index in [1.165, 1.54) is 24.3 Å². The van der Waals surface area contributed by atoms with E-state index in [1.54, 1.807) is 0 Å². The summed E-state index contributed by atoms with van der Waals surface area (Å²) in [5.41, 5.74) is 7.57. The van der Waals surface area contributed by atoms with Crippen molar-refractivity contribution in [1.29, 1.82) is 0 Å². The molecule has 3 N–H and O–H groups in total. The van der Waals surface area contributed by atoms with E-state index in [0.29, 0.717) is 6.54 Å². The van der Waals surface area contributed by atoms with E-state index in [0.717, 1.165) is 17.8 Å². The van der Waals surface area contributed by atoms with Crippen molar-refractivity contribution in [2.24, 2.45) is 5.73 Å². The molecular formula is C18H23N3O3S. The molecule has 0 saturated heterocycles. The highest BCUT2D eigenvalue weighted by molar-refractivity contribution is 7.89. The van der Waals surface area contributed by atoms with Gasteiger partial charge in [-0.3, -0.25) is 4.79 Å². The lowest BCUT2D eigenvalue weighted by atomic mass is 10.2. The number of nitrogens with two attached hydrogens (primary N) is 1. The Balaban J connectivity index is 2.04. The monoisotopic (exact) mass is 361 g/mol. The van der Waals surface area contributed by atoms with Crippen LogP contribution >= 0.6 is 0 Å². The summed E-state index contributed by atoms with van der Waals surface area (Å²) in [5.74, 6) is -0.659. The number of rotatable bonds is 8. The molecule has 0 heterocycles. The molecule has 25 heavy (non-hydrogen) atoms. The minimum Gasteiger partial charge on any atom is -0.370 e. The molecule has 0 bridgehead atoms. The van der Waals surface area contributed by atoms with E-state index >= 15 is 0 Å². The van der Waals surface area contributed by atoms with Crippen molar-refractivity contribution < 1.29 is 13.2 Å². The molecule has 134 valence electrons. The van der Waals surface area contributed by atoms with Crippen molar-refractivity contribution in [3.8, 4) is 0 Å². The highest BCUT2D eigenvalue weighted by Crippen LogP contribution is 2.15. The molecule has 0 radical (unpaired) electrons. The number of likely N-dealkylation sites (N-methyl/N-ethyl adjacent to an activating group) is 1. The molecule has 0 aromatic heterocycles. The summed E-state index contributed by atoms with van der Waals surface area (Å²) in [6, 6.07) is 13.8. The molecule has 0 atom stereocenters. The van der Waals surface area contributed by atoms with Gasteiger partial charge >= 0.3 is 0 Å². The van der Waals surface area contributed by atoms with Gasteiger partial charge in [0.15, 0.2) is 0 Å². The first kappa shape index (κ1) is 19.0. The van der Waals surface area contributed by atoms with Gasteiger partial charge in [0.2, 0.25) is 15.9 Å². The molecule has 2 rings (SSSR count). The zero-order valence-electron chi connectivity index (χ0n) is 14.4. The second kappa shape index (κ2) is 8.13. The van der Waals surface area contributed by atoms with Gasteiger partial charge in [0, 0.05) is 30.9 Å². The number of benzene rings is 2. The second-order valence-corrected chi connectivity index (χ2v) is 7.48. The van der Waals surface area contributed by atoms with Gasteiger partial charge in [-0.05, 0) is 49.7 Å². The maximum Gasteiger partial charge on any atom is 0.248 e. The van der Waals surface area contributed by atoms with Crippen LogP contribution in [-0.4, -0.2) is 34.0 Å². The number of nitrogens with zero attached hydrogens (tertiary/aromatic N) is 1. The Morgan fingerprint density at radius 2 is 1.88 bits per heavy atom. The average Bonchev–Trinajstić information content (AvgIpc) is 2.59. The Labute approximate surface area is 148 Å². The summed E-state index contributed by atoms with van der Waals surface area (Å²) in [4.78, 5) is 13.3. The molecule has 2 aromatic carbocycles. The fourth-order valence-corrected chi connectivity index (χ4v) is 3.58. The lowest BCUT2D eigenvalue weighted by Crippen LogP contribution is -2.35. The number of aryl methyl sites for hydroxylation is 1. The van der Waals surface area contributed by atoms with Crippen LogP contribution in [0.15, 0.2) is 53.4 Å². The number of anilines is 1. The third-order valence-corrected chi connectivity index (χ3v) is 5.31. The van der Waals surface area contributed by atoms with Gasteiger partial charge in [-0.1, -0.05) is 18.2 Å². The standard InChI is InChI=1S/C18H23N3O3S/c1-3-21(16-8-4-6-14(2)12-16)11-10-20-25(23,24)17-9-5-7-15(13-17)18(19)22/h4-9,12-13,20H,3,10-11H2,1-2H3,(H2,19,22). The van der Waals surface area contributed by atoms with Crippen LogP contribution in [0, 0.1) is 6.92 Å². The first-order valence-corrected chi connectivity index (χ1v) is 9.53. The van der Waals surface area contributed by atoms with Crippen molar-refractivity contribution in [3.63, 3.8) is 0 Å². The number of carbonyl (C=O) groups excluding carboxylic acids is 1. The van der Waals surface area contributed by atoms with E-state index in [4.69, 9.17) is 5.73 Å². The van der Waals surface area contributed by atoms with E-state index in [1.807, 2.05) is 32.0 Å². The highest BCUT2D eigenvalue weighted by atomic mass is 32.2. The molecule has 0 aliphatic heterocycles. The maximum atomic E-state index is 12.4. The molecule has 0 aliphatic rings. The lowest BCUT2D eigenvalue weighted by molar-refractivity contribution is 0.1000. The number of sulfonamides is 1. The molecule has 0 fully saturated rings. The zero-order chi connectivity index (χ0) is 18.4. The van der Waals surface area contributed by atoms with Gasteiger partial charge in [-0.15, -0.1) is 0 Å². The number of nitrogens with one attached hydrogen (secondary N) is 1. The molecular weight excluding hydrogens is 338 g/mol. The van der Waals surface area contributed by atoms with E-state index in [9.17, 15) is 13.2 Å². The quantitative estimate of drug-likeness (QED) is 0.751. The van der Waals surface area contributed by atoms with Gasteiger partial charge in [0.25, 0.3) is 0 Å². The normalized spacial score (nSPS) is 11.3. The minimum absolute atomic E-state index is 0.0300. The number of hydrogen-bond donors (Lipinski definition) is 2. The smallest absolute Gasteiger partial charge is 0.248 e. The van der Waals surface area contributed by atoms with Crippen LogP contribution in [0.4, 0.5) is 5.69 Å². The van der Waals surface area contributed by atoms with Crippen LogP contribution in [0.25, 0.3) is 0 Å². The summed E-state index contributed by atoms with van der Waals surface area (Å²) in [5, 5.41) is 0. The average molecular weight is 361 g/mol. The first-order valence-electron chi connectivity index (χ1n) is 8.04. The molecule has 0 spiro atoms. The van der Waals surface area contributed by atoms with Gasteiger partial charge < -0.3 is 10.6 Å². The van der Waals surface area contributed by atoms with Crippen molar-refractivity contribution in [2.75, 3.05) is 24.5 Å². The topological polar surface area (TPSA) is 92.5 Å². The third-order valence-electron chi connectivity index (χ3n) is 3.85. The summed E-state index contributed by atoms with van der Waals surface area (Å²) in [6.45, 7) is 5.60. The summed E-state index contributed by atoms with van der Waals surface area (Å²) < 4.78 is 27.3. The van der Waals surface area contributed by atoms with Crippen LogP contribution in [-0.2, 0) is 10.0 Å². The predicted octanol–water partition coefficient (Wildman–Crippen LogP) is 1.90. The third kappa shape index (κ3) is 5.04. The van der Waals surface area contributed by atoms with Crippen LogP contribution in [0.5, 0.6) is 0 Å². The molecule has 0 saturated carbocycles. The fraction of sp³-hybridized carbons (Fsp3) is 0.278. The molecule has 0 aliphatic carbocycles. The molecule has 1 amide bonds. The summed E-state index contributed by atoms with van der Waals surface area (Å²) >= 11 is 0. The van der Waals surface area contributed by atoms with E-state index in [2.05, 4.69) is 15.7 Å². The second-order valence-electron chi connectivity index (χ2n) is 5.71. The Hall–Kier alpha value is -2.38. The predicted molar refractivity (Wildman–Crippen MR) is 99.2 cm³/mol. The Morgan fingerprint density at radius 3 is 2.52 bits per heavy atom. The SMILES string of the molecule is CCN(CCNS(=O)(=O)c1cccc(C(N)=O)c1)c1cccc(C)c1. The summed E-state index contributed by atoms with van der Waals surface area (Å²) in [7, 11) is -3.69. The Bertz CT molecular complexity index is 850. The molecule has 6 nitrogen and oxygen atoms in total. The number of carbonyl (C=O) groups is 1. The van der Waals surface area contributed by atoms with Crippen molar-refractivity contribution in [1.82, 2.24) is 4.72 Å². The van der Waals surface area contributed by atoms with Crippen molar-refractivity contribution in [3.05, 3.63) is 59.7 Å². The lowest BCUT2D eigenvalue weighted by Gasteiger charge is -2.23. The Morgan fingerprint density at radius 1 is 1.16 bits per heavy atom. The van der Waals surface area contributed by atoms with E-state index in [-0.39, 0.29) is 17.0 Å². The van der Waals surface area contributed by atoms with Crippen molar-refractivity contribution in [2.45, 2.75) is 18.7 Å². The highest BCUT2D eigenvalue weighted by Gasteiger charge is 2.15. The van der Waals surface area contributed by atoms with Gasteiger partial charge in [-0.2, -0.15) is 0 Å². The summed E-state index contributed by atoms with van der Waals surface area (Å²) in [6.07, 6.45) is 0. The molecule has 2 aromatic rings. The maximum absolute atomic E-state index is 12.4. The largest absolute Gasteiger partial charge is 0.370 e. The number of primary amides is 1. The van der Waals surface area contributed by atoms with Crippen LogP contribution in [0.3, 0.4) is 0 Å². The fourth-order valence-electron chi connectivity index (χ4n) is 2.51. The van der Waals surface area contributed by atoms with Crippen molar-refractivity contribution >= 4 is 21.6 Å². The number of hydrogen-bond acceptors (Lipinski definition) is 4. The Kier molecular flexibility index (Phi) is 6.17. The molecule has 7 heteroatoms. The number of amides is 1. The van der Waals surface area contributed by atoms with Gasteiger partial charge in [0.05, 0.1) is 4.90 Å². The first-order chi connectivity index (χ1) is 11.8. The van der Waals surface area contributed by atoms with Crippen LogP contribution < -0.4 is 15.4 Å². The van der Waals surface area contributed by atoms with Crippen LogP contribution in [0.2, 0.25) is 0 Å². The van der Waals surface area contributed by atoms with Crippen LogP contribution in [0.1, 0.15) is 22.8 Å². The van der Waals surface area contributed by atoms with Gasteiger partial charge in [0.1, 0.15) is 0 Å². The minimum atomic E-state index is -3.69.